The molecule has 1 atom stereocenters. The summed E-state index contributed by atoms with van der Waals surface area (Å²) in [6, 6.07) is 7.24. The Bertz CT molecular complexity index is 862. The number of fused-ring (bicyclic) bond motifs is 1. The number of hydrogen-bond acceptors (Lipinski definition) is 6. The maximum absolute atomic E-state index is 12.1. The molecule has 0 saturated carbocycles. The van der Waals surface area contributed by atoms with Crippen molar-refractivity contribution in [1.29, 1.82) is 0 Å². The normalized spacial score (nSPS) is 17.6. The molecule has 8 heteroatoms. The number of ether oxygens (including phenoxy) is 1. The number of piperidine rings is 1. The van der Waals surface area contributed by atoms with E-state index >= 15 is 0 Å². The lowest BCUT2D eigenvalue weighted by Gasteiger charge is -2.35. The Kier molecular flexibility index (Phi) is 5.16. The van der Waals surface area contributed by atoms with Gasteiger partial charge in [0, 0.05) is 24.5 Å². The van der Waals surface area contributed by atoms with E-state index in [2.05, 4.69) is 10.3 Å². The fourth-order valence-electron chi connectivity index (χ4n) is 3.35. The number of pyridine rings is 1. The average Bonchev–Trinajstić information content (AvgIpc) is 2.59. The van der Waals surface area contributed by atoms with E-state index in [4.69, 9.17) is 4.74 Å². The first-order chi connectivity index (χ1) is 12.7. The highest BCUT2D eigenvalue weighted by molar-refractivity contribution is 5.96. The zero-order valence-corrected chi connectivity index (χ0v) is 15.8. The first-order valence-electron chi connectivity index (χ1n) is 9.01. The monoisotopic (exact) mass is 372 g/mol. The topological polar surface area (TPSA) is 97.6 Å². The number of nitrogens with zero attached hydrogens (tertiary/aromatic N) is 3. The predicted molar refractivity (Wildman–Crippen MR) is 103 cm³/mol. The molecule has 0 radical (unpaired) electrons. The number of hydrogen-bond donors (Lipinski definition) is 1. The summed E-state index contributed by atoms with van der Waals surface area (Å²) in [7, 11) is 0. The van der Waals surface area contributed by atoms with Crippen LogP contribution in [-0.4, -0.2) is 40.7 Å². The summed E-state index contributed by atoms with van der Waals surface area (Å²) in [5, 5.41) is 15.2. The number of rotatable bonds is 3. The van der Waals surface area contributed by atoms with Gasteiger partial charge in [0.15, 0.2) is 0 Å². The van der Waals surface area contributed by atoms with Crippen LogP contribution in [0.1, 0.15) is 33.6 Å². The summed E-state index contributed by atoms with van der Waals surface area (Å²) in [6.45, 7) is 6.60. The smallest absolute Gasteiger partial charge is 0.407 e. The Morgan fingerprint density at radius 1 is 1.37 bits per heavy atom. The SMILES string of the molecule is CC(C)(C)OC(=O)NC1CCCN(c2c([N+](=O)[O-])cnc3ccccc23)C1. The van der Waals surface area contributed by atoms with Crippen molar-refractivity contribution < 1.29 is 14.5 Å². The van der Waals surface area contributed by atoms with Gasteiger partial charge in [0.1, 0.15) is 17.5 Å². The van der Waals surface area contributed by atoms with Gasteiger partial charge in [-0.3, -0.25) is 10.1 Å². The maximum atomic E-state index is 12.1. The van der Waals surface area contributed by atoms with Crippen molar-refractivity contribution in [2.24, 2.45) is 0 Å². The van der Waals surface area contributed by atoms with Gasteiger partial charge in [-0.05, 0) is 39.7 Å². The largest absolute Gasteiger partial charge is 0.444 e. The Labute approximate surface area is 157 Å². The number of nitro groups is 1. The van der Waals surface area contributed by atoms with Crippen molar-refractivity contribution in [3.63, 3.8) is 0 Å². The number of carbonyl (C=O) groups excluding carboxylic acids is 1. The third-order valence-electron chi connectivity index (χ3n) is 4.38. The number of amides is 1. The van der Waals surface area contributed by atoms with E-state index in [0.29, 0.717) is 24.3 Å². The Morgan fingerprint density at radius 2 is 2.11 bits per heavy atom. The summed E-state index contributed by atoms with van der Waals surface area (Å²) < 4.78 is 5.33. The Hall–Kier alpha value is -2.90. The molecular formula is C19H24N4O4. The summed E-state index contributed by atoms with van der Waals surface area (Å²) in [5.74, 6) is 0. The lowest BCUT2D eigenvalue weighted by Crippen LogP contribution is -2.49. The molecule has 0 aliphatic carbocycles. The van der Waals surface area contributed by atoms with Crippen molar-refractivity contribution in [2.75, 3.05) is 18.0 Å². The molecule has 1 amide bonds. The number of carbonyl (C=O) groups is 1. The molecule has 1 N–H and O–H groups in total. The number of alkyl carbamates (subject to hydrolysis) is 1. The number of para-hydroxylation sites is 1. The van der Waals surface area contributed by atoms with Gasteiger partial charge in [0.2, 0.25) is 0 Å². The second-order valence-electron chi connectivity index (χ2n) is 7.70. The lowest BCUT2D eigenvalue weighted by atomic mass is 10.0. The molecule has 2 heterocycles. The van der Waals surface area contributed by atoms with Crippen LogP contribution in [0.25, 0.3) is 10.9 Å². The number of aromatic nitrogens is 1. The van der Waals surface area contributed by atoms with E-state index in [1.54, 1.807) is 0 Å². The fourth-order valence-corrected chi connectivity index (χ4v) is 3.35. The van der Waals surface area contributed by atoms with E-state index < -0.39 is 16.6 Å². The van der Waals surface area contributed by atoms with Crippen LogP contribution in [0.15, 0.2) is 30.5 Å². The predicted octanol–water partition coefficient (Wildman–Crippen LogP) is 3.64. The minimum absolute atomic E-state index is 0.0216. The van der Waals surface area contributed by atoms with Crippen molar-refractivity contribution >= 4 is 28.4 Å². The van der Waals surface area contributed by atoms with Crippen LogP contribution in [0.5, 0.6) is 0 Å². The molecule has 1 unspecified atom stereocenters. The summed E-state index contributed by atoms with van der Waals surface area (Å²) in [5.41, 5.74) is 0.673. The first-order valence-corrected chi connectivity index (χ1v) is 9.01. The van der Waals surface area contributed by atoms with Gasteiger partial charge in [-0.25, -0.2) is 9.78 Å². The second-order valence-corrected chi connectivity index (χ2v) is 7.70. The highest BCUT2D eigenvalue weighted by Crippen LogP contribution is 2.36. The van der Waals surface area contributed by atoms with Gasteiger partial charge in [-0.15, -0.1) is 0 Å². The summed E-state index contributed by atoms with van der Waals surface area (Å²) >= 11 is 0. The van der Waals surface area contributed by atoms with Crippen molar-refractivity contribution in [3.8, 4) is 0 Å². The van der Waals surface area contributed by atoms with E-state index in [-0.39, 0.29) is 11.7 Å². The average molecular weight is 372 g/mol. The molecule has 8 nitrogen and oxygen atoms in total. The molecule has 3 rings (SSSR count). The van der Waals surface area contributed by atoms with Crippen LogP contribution in [0, 0.1) is 10.1 Å². The molecule has 1 saturated heterocycles. The second kappa shape index (κ2) is 7.38. The van der Waals surface area contributed by atoms with Crippen molar-refractivity contribution in [1.82, 2.24) is 10.3 Å². The van der Waals surface area contributed by atoms with Gasteiger partial charge < -0.3 is 15.0 Å². The Balaban J connectivity index is 1.87. The molecule has 1 aromatic heterocycles. The Morgan fingerprint density at radius 3 is 2.81 bits per heavy atom. The van der Waals surface area contributed by atoms with E-state index in [1.165, 1.54) is 6.20 Å². The molecule has 0 bridgehead atoms. The lowest BCUT2D eigenvalue weighted by molar-refractivity contribution is -0.384. The summed E-state index contributed by atoms with van der Waals surface area (Å²) in [4.78, 5) is 29.4. The molecule has 1 aromatic carbocycles. The van der Waals surface area contributed by atoms with Crippen molar-refractivity contribution in [3.05, 3.63) is 40.6 Å². The van der Waals surface area contributed by atoms with Gasteiger partial charge >= 0.3 is 11.8 Å². The van der Waals surface area contributed by atoms with E-state index in [9.17, 15) is 14.9 Å². The number of benzene rings is 1. The highest BCUT2D eigenvalue weighted by Gasteiger charge is 2.29. The molecule has 1 aliphatic rings. The van der Waals surface area contributed by atoms with Crippen LogP contribution in [0.4, 0.5) is 16.2 Å². The van der Waals surface area contributed by atoms with E-state index in [0.717, 1.165) is 18.2 Å². The minimum Gasteiger partial charge on any atom is -0.444 e. The third kappa shape index (κ3) is 4.45. The van der Waals surface area contributed by atoms with Crippen LogP contribution in [0.3, 0.4) is 0 Å². The zero-order valence-electron chi connectivity index (χ0n) is 15.8. The molecule has 27 heavy (non-hydrogen) atoms. The molecule has 2 aromatic rings. The molecule has 1 fully saturated rings. The van der Waals surface area contributed by atoms with Gasteiger partial charge in [0.25, 0.3) is 0 Å². The van der Waals surface area contributed by atoms with Crippen molar-refractivity contribution in [2.45, 2.75) is 45.3 Å². The van der Waals surface area contributed by atoms with Crippen LogP contribution in [-0.2, 0) is 4.74 Å². The van der Waals surface area contributed by atoms with Crippen LogP contribution in [0.2, 0.25) is 0 Å². The fraction of sp³-hybridized carbons (Fsp3) is 0.474. The van der Waals surface area contributed by atoms with Gasteiger partial charge in [0.05, 0.1) is 10.4 Å². The highest BCUT2D eigenvalue weighted by atomic mass is 16.6. The molecule has 1 aliphatic heterocycles. The standard InChI is InChI=1S/C19H24N4O4/c1-19(2,3)27-18(24)21-13-7-6-10-22(12-13)17-14-8-4-5-9-15(14)20-11-16(17)23(25)26/h4-5,8-9,11,13H,6-7,10,12H2,1-3H3,(H,21,24). The number of nitrogens with one attached hydrogen (secondary N) is 1. The zero-order chi connectivity index (χ0) is 19.6. The van der Waals surface area contributed by atoms with Crippen LogP contribution < -0.4 is 10.2 Å². The first kappa shape index (κ1) is 18.9. The molecular weight excluding hydrogens is 348 g/mol. The van der Waals surface area contributed by atoms with Gasteiger partial charge in [-0.1, -0.05) is 18.2 Å². The summed E-state index contributed by atoms with van der Waals surface area (Å²) in [6.07, 6.45) is 2.45. The quantitative estimate of drug-likeness (QED) is 0.652. The molecule has 0 spiro atoms. The molecule has 144 valence electrons. The van der Waals surface area contributed by atoms with Crippen LogP contribution >= 0.6 is 0 Å². The minimum atomic E-state index is -0.571. The number of anilines is 1. The van der Waals surface area contributed by atoms with E-state index in [1.807, 2.05) is 49.9 Å². The van der Waals surface area contributed by atoms with Gasteiger partial charge in [-0.2, -0.15) is 0 Å². The maximum Gasteiger partial charge on any atom is 0.407 e. The third-order valence-corrected chi connectivity index (χ3v) is 4.38.